The standard InChI is InChI=1S/C20H23N5/c1-12-8-13(2)19-18(9-12)20(16(10-21)11-23-19)22-7-6-17-14(3)24-25(5)15(17)4/h8-9,11H,6-7H2,1-5H3,(H,22,23). The molecule has 0 unspecified atom stereocenters. The molecule has 0 bridgehead atoms. The minimum absolute atomic E-state index is 0.581. The van der Waals surface area contributed by atoms with E-state index in [-0.39, 0.29) is 0 Å². The van der Waals surface area contributed by atoms with Gasteiger partial charge in [-0.05, 0) is 51.3 Å². The molecule has 3 rings (SSSR count). The molecule has 0 saturated heterocycles. The number of nitriles is 1. The van der Waals surface area contributed by atoms with E-state index >= 15 is 0 Å². The Kier molecular flexibility index (Phi) is 4.45. The summed E-state index contributed by atoms with van der Waals surface area (Å²) in [5.41, 5.74) is 8.21. The summed E-state index contributed by atoms with van der Waals surface area (Å²) < 4.78 is 1.92. The number of rotatable bonds is 4. The van der Waals surface area contributed by atoms with Gasteiger partial charge in [-0.3, -0.25) is 9.67 Å². The molecule has 0 fully saturated rings. The SMILES string of the molecule is Cc1cc(C)c2ncc(C#N)c(NCCc3c(C)nn(C)c3C)c2c1. The molecule has 0 radical (unpaired) electrons. The van der Waals surface area contributed by atoms with Crippen LogP contribution in [0.2, 0.25) is 0 Å². The summed E-state index contributed by atoms with van der Waals surface area (Å²) >= 11 is 0. The van der Waals surface area contributed by atoms with Crippen molar-refractivity contribution in [3.8, 4) is 6.07 Å². The van der Waals surface area contributed by atoms with E-state index in [1.165, 1.54) is 16.8 Å². The van der Waals surface area contributed by atoms with Crippen LogP contribution in [0.25, 0.3) is 10.9 Å². The van der Waals surface area contributed by atoms with Crippen LogP contribution in [0.4, 0.5) is 5.69 Å². The molecule has 25 heavy (non-hydrogen) atoms. The number of anilines is 1. The zero-order valence-corrected chi connectivity index (χ0v) is 15.4. The topological polar surface area (TPSA) is 66.5 Å². The lowest BCUT2D eigenvalue weighted by Crippen LogP contribution is -2.09. The second kappa shape index (κ2) is 6.56. The molecule has 0 aliphatic carbocycles. The Labute approximate surface area is 148 Å². The van der Waals surface area contributed by atoms with Crippen LogP contribution >= 0.6 is 0 Å². The van der Waals surface area contributed by atoms with Gasteiger partial charge in [-0.1, -0.05) is 11.6 Å². The van der Waals surface area contributed by atoms with Crippen LogP contribution in [0.1, 0.15) is 33.6 Å². The van der Waals surface area contributed by atoms with Crippen molar-refractivity contribution < 1.29 is 0 Å². The highest BCUT2D eigenvalue weighted by atomic mass is 15.3. The van der Waals surface area contributed by atoms with Gasteiger partial charge in [0.15, 0.2) is 0 Å². The summed E-state index contributed by atoms with van der Waals surface area (Å²) in [5.74, 6) is 0. The number of aromatic nitrogens is 3. The number of benzene rings is 1. The third kappa shape index (κ3) is 3.08. The number of nitrogens with zero attached hydrogens (tertiary/aromatic N) is 4. The first-order valence-electron chi connectivity index (χ1n) is 8.45. The number of fused-ring (bicyclic) bond motifs is 1. The van der Waals surface area contributed by atoms with E-state index < -0.39 is 0 Å². The van der Waals surface area contributed by atoms with E-state index in [2.05, 4.69) is 54.4 Å². The van der Waals surface area contributed by atoms with E-state index in [1.54, 1.807) is 6.20 Å². The van der Waals surface area contributed by atoms with Crippen LogP contribution in [0.5, 0.6) is 0 Å². The summed E-state index contributed by atoms with van der Waals surface area (Å²) in [6.45, 7) is 8.99. The maximum atomic E-state index is 9.48. The van der Waals surface area contributed by atoms with Gasteiger partial charge in [-0.2, -0.15) is 10.4 Å². The van der Waals surface area contributed by atoms with Crippen LogP contribution < -0.4 is 5.32 Å². The van der Waals surface area contributed by atoms with E-state index in [4.69, 9.17) is 0 Å². The average molecular weight is 333 g/mol. The third-order valence-electron chi connectivity index (χ3n) is 4.76. The molecule has 1 N–H and O–H groups in total. The lowest BCUT2D eigenvalue weighted by Gasteiger charge is -2.13. The van der Waals surface area contributed by atoms with Crippen molar-refractivity contribution in [1.82, 2.24) is 14.8 Å². The van der Waals surface area contributed by atoms with Crippen LogP contribution in [-0.4, -0.2) is 21.3 Å². The summed E-state index contributed by atoms with van der Waals surface area (Å²) in [7, 11) is 1.97. The number of hydrogen-bond acceptors (Lipinski definition) is 4. The maximum Gasteiger partial charge on any atom is 0.103 e. The summed E-state index contributed by atoms with van der Waals surface area (Å²) in [6.07, 6.45) is 2.53. The van der Waals surface area contributed by atoms with Gasteiger partial charge in [-0.25, -0.2) is 0 Å². The zero-order chi connectivity index (χ0) is 18.1. The fourth-order valence-corrected chi connectivity index (χ4v) is 3.43. The predicted molar refractivity (Wildman–Crippen MR) is 101 cm³/mol. The number of aryl methyl sites for hydroxylation is 4. The Morgan fingerprint density at radius 1 is 1.20 bits per heavy atom. The highest BCUT2D eigenvalue weighted by Gasteiger charge is 2.13. The van der Waals surface area contributed by atoms with Gasteiger partial charge >= 0.3 is 0 Å². The van der Waals surface area contributed by atoms with E-state index in [0.717, 1.165) is 40.8 Å². The van der Waals surface area contributed by atoms with Crippen molar-refractivity contribution >= 4 is 16.6 Å². The lowest BCUT2D eigenvalue weighted by molar-refractivity contribution is 0.730. The van der Waals surface area contributed by atoms with E-state index in [0.29, 0.717) is 5.56 Å². The Morgan fingerprint density at radius 3 is 2.60 bits per heavy atom. The van der Waals surface area contributed by atoms with Gasteiger partial charge in [0.25, 0.3) is 0 Å². The fourth-order valence-electron chi connectivity index (χ4n) is 3.43. The second-order valence-electron chi connectivity index (χ2n) is 6.59. The summed E-state index contributed by atoms with van der Waals surface area (Å²) in [5, 5.41) is 18.4. The highest BCUT2D eigenvalue weighted by molar-refractivity contribution is 5.96. The van der Waals surface area contributed by atoms with Gasteiger partial charge in [0.2, 0.25) is 0 Å². The molecule has 0 aliphatic heterocycles. The summed E-state index contributed by atoms with van der Waals surface area (Å²) in [6, 6.07) is 6.48. The average Bonchev–Trinajstić information content (AvgIpc) is 2.81. The molecule has 0 amide bonds. The quantitative estimate of drug-likeness (QED) is 0.790. The third-order valence-corrected chi connectivity index (χ3v) is 4.76. The minimum Gasteiger partial charge on any atom is -0.383 e. The number of pyridine rings is 1. The van der Waals surface area contributed by atoms with Gasteiger partial charge in [0, 0.05) is 30.9 Å². The Bertz CT molecular complexity index is 992. The molecule has 5 heteroatoms. The Hall–Kier alpha value is -2.87. The molecule has 0 spiro atoms. The van der Waals surface area contributed by atoms with Crippen molar-refractivity contribution in [2.24, 2.45) is 7.05 Å². The van der Waals surface area contributed by atoms with Crippen LogP contribution in [0.15, 0.2) is 18.3 Å². The molecule has 1 aromatic carbocycles. The van der Waals surface area contributed by atoms with E-state index in [1.807, 2.05) is 18.7 Å². The number of hydrogen-bond donors (Lipinski definition) is 1. The molecule has 0 aliphatic rings. The van der Waals surface area contributed by atoms with Crippen molar-refractivity contribution in [3.05, 3.63) is 52.0 Å². The Morgan fingerprint density at radius 2 is 1.96 bits per heavy atom. The van der Waals surface area contributed by atoms with Crippen LogP contribution in [0.3, 0.4) is 0 Å². The first-order valence-corrected chi connectivity index (χ1v) is 8.45. The van der Waals surface area contributed by atoms with Gasteiger partial charge in [0.1, 0.15) is 6.07 Å². The largest absolute Gasteiger partial charge is 0.383 e. The maximum absolute atomic E-state index is 9.48. The van der Waals surface area contributed by atoms with Gasteiger partial charge in [-0.15, -0.1) is 0 Å². The fraction of sp³-hybridized carbons (Fsp3) is 0.350. The molecule has 5 nitrogen and oxygen atoms in total. The van der Waals surface area contributed by atoms with E-state index in [9.17, 15) is 5.26 Å². The molecule has 0 saturated carbocycles. The molecular weight excluding hydrogens is 310 g/mol. The molecule has 0 atom stereocenters. The highest BCUT2D eigenvalue weighted by Crippen LogP contribution is 2.29. The molecule has 3 aromatic rings. The van der Waals surface area contributed by atoms with Crippen LogP contribution in [-0.2, 0) is 13.5 Å². The Balaban J connectivity index is 1.94. The lowest BCUT2D eigenvalue weighted by atomic mass is 10.0. The first kappa shape index (κ1) is 17.0. The van der Waals surface area contributed by atoms with Crippen molar-refractivity contribution in [3.63, 3.8) is 0 Å². The van der Waals surface area contributed by atoms with Gasteiger partial charge < -0.3 is 5.32 Å². The normalized spacial score (nSPS) is 10.9. The minimum atomic E-state index is 0.581. The first-order chi connectivity index (χ1) is 11.9. The van der Waals surface area contributed by atoms with Crippen LogP contribution in [0, 0.1) is 39.0 Å². The molecule has 2 heterocycles. The molecular formula is C20H23N5. The predicted octanol–water partition coefficient (Wildman–Crippen LogP) is 3.73. The second-order valence-corrected chi connectivity index (χ2v) is 6.59. The molecule has 128 valence electrons. The van der Waals surface area contributed by atoms with Gasteiger partial charge in [0.05, 0.1) is 22.5 Å². The van der Waals surface area contributed by atoms with Crippen molar-refractivity contribution in [1.29, 1.82) is 5.26 Å². The zero-order valence-electron chi connectivity index (χ0n) is 15.4. The molecule has 2 aromatic heterocycles. The monoisotopic (exact) mass is 333 g/mol. The number of nitrogens with one attached hydrogen (secondary N) is 1. The summed E-state index contributed by atoms with van der Waals surface area (Å²) in [4.78, 5) is 4.48. The van der Waals surface area contributed by atoms with Crippen molar-refractivity contribution in [2.45, 2.75) is 34.1 Å². The smallest absolute Gasteiger partial charge is 0.103 e. The van der Waals surface area contributed by atoms with Crippen molar-refractivity contribution in [2.75, 3.05) is 11.9 Å².